The van der Waals surface area contributed by atoms with E-state index >= 15 is 0 Å². The van der Waals surface area contributed by atoms with E-state index in [-0.39, 0.29) is 29.9 Å². The molecule has 0 bridgehead atoms. The topological polar surface area (TPSA) is 58.6 Å². The molecule has 0 radical (unpaired) electrons. The Balaban J connectivity index is 2.28. The van der Waals surface area contributed by atoms with Gasteiger partial charge in [0.25, 0.3) is 5.91 Å². The van der Waals surface area contributed by atoms with Crippen LogP contribution >= 0.6 is 0 Å². The molecule has 0 heterocycles. The number of para-hydroxylation sites is 1. The maximum atomic E-state index is 13.4. The lowest BCUT2D eigenvalue weighted by Crippen LogP contribution is -2.51. The summed E-state index contributed by atoms with van der Waals surface area (Å²) in [6.45, 7) is 14.6. The van der Waals surface area contributed by atoms with Gasteiger partial charge >= 0.3 is 0 Å². The third-order valence-electron chi connectivity index (χ3n) is 5.87. The first-order valence-electron chi connectivity index (χ1n) is 11.9. The maximum absolute atomic E-state index is 13.4. The van der Waals surface area contributed by atoms with Crippen LogP contribution in [0.2, 0.25) is 0 Å². The lowest BCUT2D eigenvalue weighted by molar-refractivity contribution is -0.143. The summed E-state index contributed by atoms with van der Waals surface area (Å²) < 4.78 is 6.02. The number of carbonyl (C=O) groups excluding carboxylic acids is 2. The van der Waals surface area contributed by atoms with Crippen molar-refractivity contribution in [2.24, 2.45) is 0 Å². The number of nitrogens with zero attached hydrogens (tertiary/aromatic N) is 1. The van der Waals surface area contributed by atoms with Gasteiger partial charge in [-0.2, -0.15) is 0 Å². The molecule has 0 aliphatic rings. The molecular weight excluding hydrogens is 412 g/mol. The highest BCUT2D eigenvalue weighted by Gasteiger charge is 2.30. The average Bonchev–Trinajstić information content (AvgIpc) is 2.76. The molecule has 180 valence electrons. The Bertz CT molecular complexity index is 933. The molecule has 5 heteroatoms. The SMILES string of the molecule is CC[C@@H](C)NC(=O)[C@H](CC)N(Cc1cccc(C)c1)C(=O)COc1ccccc1C(C)(C)C. The number of nitrogens with one attached hydrogen (secondary N) is 1. The molecular formula is C28H40N2O3. The van der Waals surface area contributed by atoms with E-state index in [1.165, 1.54) is 0 Å². The molecule has 0 aromatic heterocycles. The van der Waals surface area contributed by atoms with E-state index in [9.17, 15) is 9.59 Å². The van der Waals surface area contributed by atoms with E-state index in [0.717, 1.165) is 23.1 Å². The van der Waals surface area contributed by atoms with Gasteiger partial charge in [-0.1, -0.05) is 82.6 Å². The van der Waals surface area contributed by atoms with Crippen LogP contribution in [0.1, 0.15) is 71.1 Å². The van der Waals surface area contributed by atoms with Crippen LogP contribution in [0.25, 0.3) is 0 Å². The maximum Gasteiger partial charge on any atom is 0.261 e. The Morgan fingerprint density at radius 1 is 1.03 bits per heavy atom. The van der Waals surface area contributed by atoms with Crippen LogP contribution in [0.3, 0.4) is 0 Å². The predicted molar refractivity (Wildman–Crippen MR) is 134 cm³/mol. The number of ether oxygens (including phenoxy) is 1. The Hall–Kier alpha value is -2.82. The number of benzene rings is 2. The van der Waals surface area contributed by atoms with Crippen molar-refractivity contribution in [1.29, 1.82) is 0 Å². The lowest BCUT2D eigenvalue weighted by atomic mass is 9.86. The van der Waals surface area contributed by atoms with Crippen molar-refractivity contribution in [3.63, 3.8) is 0 Å². The summed E-state index contributed by atoms with van der Waals surface area (Å²) in [4.78, 5) is 28.2. The summed E-state index contributed by atoms with van der Waals surface area (Å²) in [5, 5.41) is 3.04. The van der Waals surface area contributed by atoms with Gasteiger partial charge < -0.3 is 15.0 Å². The standard InChI is InChI=1S/C28H40N2O3/c1-8-21(4)29-27(32)24(9-2)30(18-22-14-12-13-20(3)17-22)26(31)19-33-25-16-11-10-15-23(25)28(5,6)7/h10-17,21,24H,8-9,18-19H2,1-7H3,(H,29,32)/t21-,24+/m1/s1. The van der Waals surface area contributed by atoms with Crippen molar-refractivity contribution >= 4 is 11.8 Å². The first-order chi connectivity index (χ1) is 15.6. The number of carbonyl (C=O) groups is 2. The van der Waals surface area contributed by atoms with Crippen LogP contribution in [-0.2, 0) is 21.5 Å². The molecule has 0 unspecified atom stereocenters. The summed E-state index contributed by atoms with van der Waals surface area (Å²) in [6.07, 6.45) is 1.36. The smallest absolute Gasteiger partial charge is 0.261 e. The molecule has 1 N–H and O–H groups in total. The largest absolute Gasteiger partial charge is 0.483 e. The molecule has 0 saturated heterocycles. The molecule has 0 aliphatic heterocycles. The van der Waals surface area contributed by atoms with Crippen LogP contribution < -0.4 is 10.1 Å². The van der Waals surface area contributed by atoms with E-state index in [4.69, 9.17) is 4.74 Å². The molecule has 5 nitrogen and oxygen atoms in total. The van der Waals surface area contributed by atoms with Crippen LogP contribution in [-0.4, -0.2) is 35.4 Å². The van der Waals surface area contributed by atoms with Crippen molar-refractivity contribution in [1.82, 2.24) is 10.2 Å². The molecule has 2 aromatic rings. The van der Waals surface area contributed by atoms with Gasteiger partial charge in [0.15, 0.2) is 6.61 Å². The second kappa shape index (κ2) is 11.9. The minimum absolute atomic E-state index is 0.0531. The van der Waals surface area contributed by atoms with Crippen LogP contribution in [0.4, 0.5) is 0 Å². The highest BCUT2D eigenvalue weighted by Crippen LogP contribution is 2.31. The monoisotopic (exact) mass is 452 g/mol. The third kappa shape index (κ3) is 7.62. The van der Waals surface area contributed by atoms with Gasteiger partial charge in [-0.05, 0) is 49.3 Å². The number of hydrogen-bond acceptors (Lipinski definition) is 3. The normalized spacial score (nSPS) is 13.2. The lowest BCUT2D eigenvalue weighted by Gasteiger charge is -2.32. The van der Waals surface area contributed by atoms with Crippen molar-refractivity contribution in [3.8, 4) is 5.75 Å². The molecule has 2 amide bonds. The zero-order valence-electron chi connectivity index (χ0n) is 21.3. The highest BCUT2D eigenvalue weighted by molar-refractivity contribution is 5.88. The summed E-state index contributed by atoms with van der Waals surface area (Å²) in [7, 11) is 0. The number of rotatable bonds is 10. The third-order valence-corrected chi connectivity index (χ3v) is 5.87. The summed E-state index contributed by atoms with van der Waals surface area (Å²) in [5.74, 6) is 0.375. The van der Waals surface area contributed by atoms with Crippen LogP contribution in [0.15, 0.2) is 48.5 Å². The van der Waals surface area contributed by atoms with Crippen LogP contribution in [0.5, 0.6) is 5.75 Å². The molecule has 2 rings (SSSR count). The number of amides is 2. The quantitative estimate of drug-likeness (QED) is 0.526. The first-order valence-corrected chi connectivity index (χ1v) is 11.9. The fourth-order valence-electron chi connectivity index (χ4n) is 3.80. The second-order valence-electron chi connectivity index (χ2n) is 9.79. The van der Waals surface area contributed by atoms with Gasteiger partial charge in [-0.25, -0.2) is 0 Å². The van der Waals surface area contributed by atoms with Gasteiger partial charge in [-0.3, -0.25) is 9.59 Å². The van der Waals surface area contributed by atoms with Gasteiger partial charge in [-0.15, -0.1) is 0 Å². The minimum atomic E-state index is -0.562. The molecule has 0 saturated carbocycles. The molecule has 2 atom stereocenters. The molecule has 33 heavy (non-hydrogen) atoms. The molecule has 0 spiro atoms. The Kier molecular flexibility index (Phi) is 9.51. The predicted octanol–water partition coefficient (Wildman–Crippen LogP) is 5.39. The Morgan fingerprint density at radius 2 is 1.73 bits per heavy atom. The van der Waals surface area contributed by atoms with Crippen molar-refractivity contribution in [2.45, 2.75) is 85.4 Å². The van der Waals surface area contributed by atoms with E-state index < -0.39 is 6.04 Å². The number of aryl methyl sites for hydroxylation is 1. The molecule has 0 aliphatic carbocycles. The minimum Gasteiger partial charge on any atom is -0.483 e. The molecule has 2 aromatic carbocycles. The second-order valence-corrected chi connectivity index (χ2v) is 9.79. The summed E-state index contributed by atoms with van der Waals surface area (Å²) in [6, 6.07) is 15.3. The van der Waals surface area contributed by atoms with Crippen molar-refractivity contribution in [2.75, 3.05) is 6.61 Å². The van der Waals surface area contributed by atoms with E-state index in [1.807, 2.05) is 70.2 Å². The van der Waals surface area contributed by atoms with Gasteiger partial charge in [0.1, 0.15) is 11.8 Å². The Labute approximate surface area is 199 Å². The van der Waals surface area contributed by atoms with Gasteiger partial charge in [0.05, 0.1) is 0 Å². The fourth-order valence-corrected chi connectivity index (χ4v) is 3.80. The summed E-state index contributed by atoms with van der Waals surface area (Å²) >= 11 is 0. The zero-order valence-corrected chi connectivity index (χ0v) is 21.3. The van der Waals surface area contributed by atoms with Crippen LogP contribution in [0, 0.1) is 6.92 Å². The van der Waals surface area contributed by atoms with Gasteiger partial charge in [0.2, 0.25) is 5.91 Å². The van der Waals surface area contributed by atoms with Crippen molar-refractivity contribution in [3.05, 3.63) is 65.2 Å². The fraction of sp³-hybridized carbons (Fsp3) is 0.500. The summed E-state index contributed by atoms with van der Waals surface area (Å²) in [5.41, 5.74) is 3.05. The highest BCUT2D eigenvalue weighted by atomic mass is 16.5. The first kappa shape index (κ1) is 26.4. The molecule has 0 fully saturated rings. The van der Waals surface area contributed by atoms with E-state index in [1.54, 1.807) is 4.90 Å². The zero-order chi connectivity index (χ0) is 24.6. The van der Waals surface area contributed by atoms with Crippen molar-refractivity contribution < 1.29 is 14.3 Å². The Morgan fingerprint density at radius 3 is 2.33 bits per heavy atom. The van der Waals surface area contributed by atoms with E-state index in [2.05, 4.69) is 32.2 Å². The van der Waals surface area contributed by atoms with E-state index in [0.29, 0.717) is 18.7 Å². The average molecular weight is 453 g/mol. The number of hydrogen-bond donors (Lipinski definition) is 1. The van der Waals surface area contributed by atoms with Gasteiger partial charge in [0, 0.05) is 12.6 Å².